The zero-order valence-corrected chi connectivity index (χ0v) is 18.1. The lowest BCUT2D eigenvalue weighted by molar-refractivity contribution is 0.233. The Hall–Kier alpha value is -1.85. The molecule has 1 saturated carbocycles. The number of nitrogens with one attached hydrogen (secondary N) is 1. The quantitative estimate of drug-likeness (QED) is 0.790. The molecule has 1 aliphatic heterocycles. The Kier molecular flexibility index (Phi) is 4.52. The van der Waals surface area contributed by atoms with Crippen LogP contribution in [0.15, 0.2) is 48.5 Å². The number of anilines is 1. The van der Waals surface area contributed by atoms with E-state index in [1.165, 1.54) is 44.3 Å². The van der Waals surface area contributed by atoms with E-state index < -0.39 is 10.0 Å². The third-order valence-electron chi connectivity index (χ3n) is 7.55. The van der Waals surface area contributed by atoms with Crippen molar-refractivity contribution < 1.29 is 8.42 Å². The Bertz CT molecular complexity index is 996. The fourth-order valence-corrected chi connectivity index (χ4v) is 6.91. The highest BCUT2D eigenvalue weighted by Gasteiger charge is 2.67. The van der Waals surface area contributed by atoms with Gasteiger partial charge in [-0.3, -0.25) is 4.72 Å². The smallest absolute Gasteiger partial charge is 0.229 e. The number of hydrogen-bond acceptors (Lipinski definition) is 3. The summed E-state index contributed by atoms with van der Waals surface area (Å²) in [6.07, 6.45) is 4.77. The topological polar surface area (TPSA) is 49.4 Å². The number of likely N-dealkylation sites (tertiary alicyclic amines) is 1. The van der Waals surface area contributed by atoms with E-state index in [-0.39, 0.29) is 5.41 Å². The molecule has 4 nitrogen and oxygen atoms in total. The summed E-state index contributed by atoms with van der Waals surface area (Å²) in [4.78, 5) is 2.68. The van der Waals surface area contributed by atoms with Gasteiger partial charge in [0.2, 0.25) is 10.0 Å². The van der Waals surface area contributed by atoms with E-state index in [4.69, 9.17) is 0 Å². The summed E-state index contributed by atoms with van der Waals surface area (Å²) >= 11 is 0. The van der Waals surface area contributed by atoms with Crippen LogP contribution < -0.4 is 4.72 Å². The molecule has 3 aliphatic rings. The molecule has 0 radical (unpaired) electrons. The summed E-state index contributed by atoms with van der Waals surface area (Å²) in [6.45, 7) is 5.84. The van der Waals surface area contributed by atoms with Crippen LogP contribution in [-0.2, 0) is 28.3 Å². The Morgan fingerprint density at radius 2 is 1.69 bits per heavy atom. The predicted octanol–water partition coefficient (Wildman–Crippen LogP) is 3.68. The van der Waals surface area contributed by atoms with Gasteiger partial charge in [-0.2, -0.15) is 0 Å². The number of piperidine rings is 1. The molecule has 1 heterocycles. The van der Waals surface area contributed by atoms with Gasteiger partial charge >= 0.3 is 0 Å². The molecule has 1 N–H and O–H groups in total. The molecule has 0 aromatic heterocycles. The van der Waals surface area contributed by atoms with Crippen molar-refractivity contribution in [1.82, 2.24) is 4.90 Å². The van der Waals surface area contributed by atoms with Gasteiger partial charge in [-0.25, -0.2) is 8.42 Å². The summed E-state index contributed by atoms with van der Waals surface area (Å²) in [5, 5.41) is 0. The molecule has 5 rings (SSSR count). The number of rotatable bonds is 6. The maximum absolute atomic E-state index is 11.6. The van der Waals surface area contributed by atoms with Gasteiger partial charge in [-0.15, -0.1) is 0 Å². The van der Waals surface area contributed by atoms with E-state index in [9.17, 15) is 8.42 Å². The molecule has 2 aromatic rings. The van der Waals surface area contributed by atoms with E-state index in [2.05, 4.69) is 52.9 Å². The summed E-state index contributed by atoms with van der Waals surface area (Å²) in [6, 6.07) is 17.0. The van der Waals surface area contributed by atoms with Crippen molar-refractivity contribution in [1.29, 1.82) is 0 Å². The second kappa shape index (κ2) is 6.85. The van der Waals surface area contributed by atoms with Crippen LogP contribution >= 0.6 is 0 Å². The minimum absolute atomic E-state index is 0.227. The van der Waals surface area contributed by atoms with Gasteiger partial charge in [0.05, 0.1) is 6.26 Å². The van der Waals surface area contributed by atoms with Gasteiger partial charge in [0.25, 0.3) is 0 Å². The molecule has 2 fully saturated rings. The van der Waals surface area contributed by atoms with Crippen LogP contribution in [0.1, 0.15) is 30.0 Å². The normalized spacial score (nSPS) is 28.9. The first kappa shape index (κ1) is 19.1. The number of hydrogen-bond donors (Lipinski definition) is 1. The maximum Gasteiger partial charge on any atom is 0.229 e. The number of fused-ring (bicyclic) bond motifs is 2. The molecule has 29 heavy (non-hydrogen) atoms. The van der Waals surface area contributed by atoms with Gasteiger partial charge in [-0.1, -0.05) is 43.3 Å². The standard InChI is InChI=1S/C24H30N2O2S/c1-3-24(20-9-6-10-21(13-20)25-29(2,27)28)22-15-26(16-23(22)24)14-17-11-18-7-4-5-8-19(18)12-17/h4-10,13,17,22-23,25H,3,11-12,14-16H2,1-2H3/t22-,23+,24?. The number of benzene rings is 2. The second-order valence-electron chi connectivity index (χ2n) is 9.32. The lowest BCUT2D eigenvalue weighted by atomic mass is 9.87. The Labute approximate surface area is 174 Å². The van der Waals surface area contributed by atoms with E-state index in [1.807, 2.05) is 12.1 Å². The second-order valence-corrected chi connectivity index (χ2v) is 11.1. The van der Waals surface area contributed by atoms with Crippen LogP contribution in [0.5, 0.6) is 0 Å². The zero-order chi connectivity index (χ0) is 20.2. The summed E-state index contributed by atoms with van der Waals surface area (Å²) < 4.78 is 25.9. The average molecular weight is 411 g/mol. The van der Waals surface area contributed by atoms with Gasteiger partial charge in [-0.05, 0) is 65.8 Å². The lowest BCUT2D eigenvalue weighted by Crippen LogP contribution is -2.34. The van der Waals surface area contributed by atoms with Crippen molar-refractivity contribution >= 4 is 15.7 Å². The predicted molar refractivity (Wildman–Crippen MR) is 118 cm³/mol. The molecule has 2 aliphatic carbocycles. The fraction of sp³-hybridized carbons (Fsp3) is 0.500. The monoisotopic (exact) mass is 410 g/mol. The van der Waals surface area contributed by atoms with Crippen molar-refractivity contribution in [3.8, 4) is 0 Å². The molecule has 1 unspecified atom stereocenters. The average Bonchev–Trinajstić information content (AvgIpc) is 2.98. The molecular weight excluding hydrogens is 380 g/mol. The SMILES string of the molecule is CCC1(c2cccc(NS(C)(=O)=O)c2)[C@@H]2CN(CC3Cc4ccccc4C3)C[C@@H]21. The third-order valence-corrected chi connectivity index (χ3v) is 8.16. The van der Waals surface area contributed by atoms with Crippen molar-refractivity contribution in [3.05, 3.63) is 65.2 Å². The highest BCUT2D eigenvalue weighted by atomic mass is 32.2. The molecule has 5 heteroatoms. The summed E-state index contributed by atoms with van der Waals surface area (Å²) in [5.74, 6) is 2.15. The van der Waals surface area contributed by atoms with E-state index >= 15 is 0 Å². The molecule has 2 aromatic carbocycles. The molecule has 0 bridgehead atoms. The van der Waals surface area contributed by atoms with Crippen molar-refractivity contribution in [3.63, 3.8) is 0 Å². The Morgan fingerprint density at radius 1 is 1.03 bits per heavy atom. The number of sulfonamides is 1. The first-order chi connectivity index (χ1) is 13.9. The zero-order valence-electron chi connectivity index (χ0n) is 17.3. The highest BCUT2D eigenvalue weighted by Crippen LogP contribution is 2.65. The molecule has 154 valence electrons. The van der Waals surface area contributed by atoms with Crippen LogP contribution in [-0.4, -0.2) is 39.2 Å². The molecule has 0 spiro atoms. The van der Waals surface area contributed by atoms with Gasteiger partial charge in [0.1, 0.15) is 0 Å². The minimum atomic E-state index is -3.25. The Balaban J connectivity index is 1.25. The van der Waals surface area contributed by atoms with Crippen LogP contribution in [0.2, 0.25) is 0 Å². The Morgan fingerprint density at radius 3 is 2.28 bits per heavy atom. The molecule has 1 saturated heterocycles. The van der Waals surface area contributed by atoms with Crippen molar-refractivity contribution in [2.75, 3.05) is 30.6 Å². The minimum Gasteiger partial charge on any atom is -0.302 e. The molecule has 3 atom stereocenters. The fourth-order valence-electron chi connectivity index (χ4n) is 6.35. The lowest BCUT2D eigenvalue weighted by Gasteiger charge is -2.28. The first-order valence-corrected chi connectivity index (χ1v) is 12.7. The summed E-state index contributed by atoms with van der Waals surface area (Å²) in [5.41, 5.74) is 5.30. The highest BCUT2D eigenvalue weighted by molar-refractivity contribution is 7.92. The van der Waals surface area contributed by atoms with E-state index in [0.717, 1.165) is 12.3 Å². The third kappa shape index (κ3) is 3.38. The number of nitrogens with zero attached hydrogens (tertiary/aromatic N) is 1. The van der Waals surface area contributed by atoms with Crippen LogP contribution in [0, 0.1) is 17.8 Å². The van der Waals surface area contributed by atoms with Crippen molar-refractivity contribution in [2.24, 2.45) is 17.8 Å². The molecular formula is C24H30N2O2S. The maximum atomic E-state index is 11.6. The van der Waals surface area contributed by atoms with Crippen LogP contribution in [0.4, 0.5) is 5.69 Å². The van der Waals surface area contributed by atoms with E-state index in [1.54, 1.807) is 11.1 Å². The van der Waals surface area contributed by atoms with Crippen LogP contribution in [0.3, 0.4) is 0 Å². The molecule has 0 amide bonds. The summed E-state index contributed by atoms with van der Waals surface area (Å²) in [7, 11) is -3.25. The largest absolute Gasteiger partial charge is 0.302 e. The van der Waals surface area contributed by atoms with Gasteiger partial charge < -0.3 is 4.90 Å². The van der Waals surface area contributed by atoms with E-state index in [0.29, 0.717) is 17.5 Å². The van der Waals surface area contributed by atoms with Crippen LogP contribution in [0.25, 0.3) is 0 Å². The van der Waals surface area contributed by atoms with Gasteiger partial charge in [0.15, 0.2) is 0 Å². The first-order valence-electron chi connectivity index (χ1n) is 10.8. The van der Waals surface area contributed by atoms with Crippen molar-refractivity contribution in [2.45, 2.75) is 31.6 Å². The van der Waals surface area contributed by atoms with Gasteiger partial charge in [0, 0.05) is 30.7 Å².